The number of para-hydroxylation sites is 1. The second-order valence-electron chi connectivity index (χ2n) is 7.78. The molecule has 2 heterocycles. The molecule has 0 saturated carbocycles. The molecule has 170 valence electrons. The zero-order valence-corrected chi connectivity index (χ0v) is 18.9. The lowest BCUT2D eigenvalue weighted by molar-refractivity contribution is -0.113. The van der Waals surface area contributed by atoms with Gasteiger partial charge in [0.1, 0.15) is 11.4 Å². The molecule has 0 atom stereocenters. The van der Waals surface area contributed by atoms with Gasteiger partial charge in [-0.15, -0.1) is 0 Å². The molecule has 0 bridgehead atoms. The van der Waals surface area contributed by atoms with Gasteiger partial charge in [0.15, 0.2) is 23.2 Å². The number of nitrogens with zero attached hydrogens (tertiary/aromatic N) is 4. The van der Waals surface area contributed by atoms with Gasteiger partial charge in [-0.2, -0.15) is 5.10 Å². The molecule has 0 amide bonds. The summed E-state index contributed by atoms with van der Waals surface area (Å²) < 4.78 is 12.6. The van der Waals surface area contributed by atoms with Crippen LogP contribution in [0.15, 0.2) is 78.7 Å². The number of carbonyl (C=O) groups is 1. The van der Waals surface area contributed by atoms with Gasteiger partial charge in [-0.1, -0.05) is 36.4 Å². The third kappa shape index (κ3) is 4.25. The number of nitrogens with one attached hydrogen (secondary N) is 1. The number of hydrogen-bond donors (Lipinski definition) is 1. The van der Waals surface area contributed by atoms with Crippen molar-refractivity contribution < 1.29 is 14.3 Å². The van der Waals surface area contributed by atoms with Crippen LogP contribution in [0.3, 0.4) is 0 Å². The molecule has 0 unspecified atom stereocenters. The fraction of sp³-hybridized carbons (Fsp3) is 0.154. The Labute approximate surface area is 196 Å². The molecule has 2 aromatic carbocycles. The SMILES string of the molecule is COc1ccc(Cn2nc(-c3ncc(OC)c(NC4=CC(=O)CC=C4)n3)c3ccccc32)cc1. The van der Waals surface area contributed by atoms with Crippen LogP contribution >= 0.6 is 0 Å². The van der Waals surface area contributed by atoms with Crippen molar-refractivity contribution in [3.05, 3.63) is 84.2 Å². The van der Waals surface area contributed by atoms with Crippen LogP contribution in [0, 0.1) is 0 Å². The van der Waals surface area contributed by atoms with Crippen molar-refractivity contribution >= 4 is 22.5 Å². The van der Waals surface area contributed by atoms with Gasteiger partial charge in [-0.05, 0) is 29.8 Å². The summed E-state index contributed by atoms with van der Waals surface area (Å²) in [6.07, 6.45) is 7.22. The van der Waals surface area contributed by atoms with Crippen molar-refractivity contribution in [2.75, 3.05) is 19.5 Å². The highest BCUT2D eigenvalue weighted by Gasteiger charge is 2.18. The number of methoxy groups -OCH3 is 2. The second-order valence-corrected chi connectivity index (χ2v) is 7.78. The van der Waals surface area contributed by atoms with Gasteiger partial charge in [0.25, 0.3) is 0 Å². The predicted octanol–water partition coefficient (Wildman–Crippen LogP) is 4.38. The minimum atomic E-state index is 0.0292. The van der Waals surface area contributed by atoms with Crippen molar-refractivity contribution in [1.29, 1.82) is 0 Å². The number of anilines is 1. The number of rotatable bonds is 7. The fourth-order valence-corrected chi connectivity index (χ4v) is 3.84. The van der Waals surface area contributed by atoms with E-state index >= 15 is 0 Å². The summed E-state index contributed by atoms with van der Waals surface area (Å²) in [7, 11) is 3.21. The van der Waals surface area contributed by atoms with Crippen molar-refractivity contribution in [2.24, 2.45) is 0 Å². The van der Waals surface area contributed by atoms with E-state index in [4.69, 9.17) is 19.6 Å². The summed E-state index contributed by atoms with van der Waals surface area (Å²) in [6, 6.07) is 15.9. The van der Waals surface area contributed by atoms with Crippen LogP contribution in [0.1, 0.15) is 12.0 Å². The highest BCUT2D eigenvalue weighted by atomic mass is 16.5. The van der Waals surface area contributed by atoms with E-state index in [9.17, 15) is 4.79 Å². The van der Waals surface area contributed by atoms with E-state index in [1.54, 1.807) is 26.5 Å². The molecule has 4 aromatic rings. The fourth-order valence-electron chi connectivity index (χ4n) is 3.84. The lowest BCUT2D eigenvalue weighted by atomic mass is 10.1. The maximum Gasteiger partial charge on any atom is 0.183 e. The van der Waals surface area contributed by atoms with E-state index in [1.807, 2.05) is 65.4 Å². The van der Waals surface area contributed by atoms with Crippen molar-refractivity contribution in [3.8, 4) is 23.0 Å². The Kier molecular flexibility index (Phi) is 5.78. The van der Waals surface area contributed by atoms with Crippen molar-refractivity contribution in [3.63, 3.8) is 0 Å². The number of hydrogen-bond acceptors (Lipinski definition) is 7. The average Bonchev–Trinajstić information content (AvgIpc) is 3.23. The summed E-state index contributed by atoms with van der Waals surface area (Å²) in [4.78, 5) is 21.0. The number of allylic oxidation sites excluding steroid dienone is 3. The van der Waals surface area contributed by atoms with Gasteiger partial charge < -0.3 is 14.8 Å². The summed E-state index contributed by atoms with van der Waals surface area (Å²) in [5.74, 6) is 2.23. The number of fused-ring (bicyclic) bond motifs is 1. The Hall–Kier alpha value is -4.46. The number of ether oxygens (including phenoxy) is 2. The van der Waals surface area contributed by atoms with Crippen molar-refractivity contribution in [2.45, 2.75) is 13.0 Å². The van der Waals surface area contributed by atoms with Crippen LogP contribution in [-0.2, 0) is 11.3 Å². The smallest absolute Gasteiger partial charge is 0.183 e. The first-order chi connectivity index (χ1) is 16.6. The second kappa shape index (κ2) is 9.19. The van der Waals surface area contributed by atoms with Crippen LogP contribution < -0.4 is 14.8 Å². The lowest BCUT2D eigenvalue weighted by Crippen LogP contribution is -2.08. The van der Waals surface area contributed by atoms with Gasteiger partial charge in [0, 0.05) is 23.6 Å². The first kappa shape index (κ1) is 21.4. The molecule has 0 spiro atoms. The standard InChI is InChI=1S/C26H23N5O3/c1-33-20-12-10-17(11-13-20)16-31-22-9-4-3-8-21(22)24(30-31)26-27-15-23(34-2)25(29-26)28-18-6-5-7-19(32)14-18/h3-6,8-15H,7,16H2,1-2H3,(H,27,28,29). The molecule has 1 aliphatic rings. The van der Waals surface area contributed by atoms with Crippen LogP contribution in [0.25, 0.3) is 22.4 Å². The first-order valence-corrected chi connectivity index (χ1v) is 10.8. The van der Waals surface area contributed by atoms with Gasteiger partial charge >= 0.3 is 0 Å². The minimum Gasteiger partial charge on any atom is -0.497 e. The number of aromatic nitrogens is 4. The largest absolute Gasteiger partial charge is 0.497 e. The monoisotopic (exact) mass is 453 g/mol. The normalized spacial score (nSPS) is 13.1. The molecule has 1 aliphatic carbocycles. The van der Waals surface area contributed by atoms with Gasteiger partial charge in [-0.3, -0.25) is 9.48 Å². The Morgan fingerprint density at radius 3 is 2.65 bits per heavy atom. The summed E-state index contributed by atoms with van der Waals surface area (Å²) >= 11 is 0. The van der Waals surface area contributed by atoms with Gasteiger partial charge in [-0.25, -0.2) is 9.97 Å². The zero-order chi connectivity index (χ0) is 23.5. The molecular formula is C26H23N5O3. The lowest BCUT2D eigenvalue weighted by Gasteiger charge is -2.13. The van der Waals surface area contributed by atoms with E-state index < -0.39 is 0 Å². The molecule has 2 aromatic heterocycles. The summed E-state index contributed by atoms with van der Waals surface area (Å²) in [6.45, 7) is 0.589. The maximum absolute atomic E-state index is 11.8. The zero-order valence-electron chi connectivity index (χ0n) is 18.9. The Bertz CT molecular complexity index is 1420. The predicted molar refractivity (Wildman–Crippen MR) is 130 cm³/mol. The highest BCUT2D eigenvalue weighted by Crippen LogP contribution is 2.30. The Morgan fingerprint density at radius 1 is 1.06 bits per heavy atom. The van der Waals surface area contributed by atoms with E-state index in [2.05, 4.69) is 10.3 Å². The molecule has 5 rings (SSSR count). The van der Waals surface area contributed by atoms with Crippen molar-refractivity contribution in [1.82, 2.24) is 19.7 Å². The molecule has 0 saturated heterocycles. The number of benzene rings is 2. The van der Waals surface area contributed by atoms with Crippen LogP contribution in [0.5, 0.6) is 11.5 Å². The highest BCUT2D eigenvalue weighted by molar-refractivity contribution is 5.94. The topological polar surface area (TPSA) is 91.2 Å². The Balaban J connectivity index is 1.53. The molecule has 0 fully saturated rings. The van der Waals surface area contributed by atoms with Crippen LogP contribution in [-0.4, -0.2) is 39.8 Å². The molecule has 0 radical (unpaired) electrons. The van der Waals surface area contributed by atoms with Crippen LogP contribution in [0.2, 0.25) is 0 Å². The first-order valence-electron chi connectivity index (χ1n) is 10.8. The average molecular weight is 454 g/mol. The Morgan fingerprint density at radius 2 is 1.88 bits per heavy atom. The number of carbonyl (C=O) groups excluding carboxylic acids is 1. The van der Waals surface area contributed by atoms with E-state index in [0.717, 1.165) is 22.2 Å². The number of ketones is 1. The van der Waals surface area contributed by atoms with Gasteiger partial charge in [0.05, 0.1) is 32.5 Å². The minimum absolute atomic E-state index is 0.0292. The van der Waals surface area contributed by atoms with E-state index in [0.29, 0.717) is 41.7 Å². The van der Waals surface area contributed by atoms with E-state index in [1.165, 1.54) is 0 Å². The molecule has 8 nitrogen and oxygen atoms in total. The maximum atomic E-state index is 11.8. The molecule has 0 aliphatic heterocycles. The van der Waals surface area contributed by atoms with E-state index in [-0.39, 0.29) is 5.78 Å². The molecule has 34 heavy (non-hydrogen) atoms. The third-order valence-corrected chi connectivity index (χ3v) is 5.53. The third-order valence-electron chi connectivity index (χ3n) is 5.53. The van der Waals surface area contributed by atoms with Crippen LogP contribution in [0.4, 0.5) is 5.82 Å². The molecular weight excluding hydrogens is 430 g/mol. The summed E-state index contributed by atoms with van der Waals surface area (Å²) in [5, 5.41) is 8.98. The summed E-state index contributed by atoms with van der Waals surface area (Å²) in [5.41, 5.74) is 3.39. The van der Waals surface area contributed by atoms with Gasteiger partial charge in [0.2, 0.25) is 0 Å². The quantitative estimate of drug-likeness (QED) is 0.444. The molecule has 1 N–H and O–H groups in total. The molecule has 8 heteroatoms.